The summed E-state index contributed by atoms with van der Waals surface area (Å²) in [5.74, 6) is 0.0991. The molecular weight excluding hydrogens is 519 g/mol. The Kier molecular flexibility index (Phi) is 8.05. The molecule has 5 nitrogen and oxygen atoms in total. The van der Waals surface area contributed by atoms with E-state index >= 15 is 0 Å². The molecule has 1 saturated heterocycles. The van der Waals surface area contributed by atoms with Gasteiger partial charge >= 0.3 is 12.2 Å². The van der Waals surface area contributed by atoms with Crippen LogP contribution in [0.1, 0.15) is 69.9 Å². The van der Waals surface area contributed by atoms with Crippen LogP contribution >= 0.6 is 27.9 Å². The molecule has 1 aliphatic heterocycles. The molecule has 0 aromatic heterocycles. The largest absolute Gasteiger partial charge is 0.417 e. The van der Waals surface area contributed by atoms with Crippen LogP contribution in [0.15, 0.2) is 18.2 Å². The monoisotopic (exact) mass is 545 g/mol. The smallest absolute Gasteiger partial charge is 0.271 e. The number of benzene rings is 1. The number of imide groups is 1. The highest BCUT2D eigenvalue weighted by molar-refractivity contribution is 9.09. The quantitative estimate of drug-likeness (QED) is 0.162. The van der Waals surface area contributed by atoms with Gasteiger partial charge in [-0.1, -0.05) is 28.8 Å². The van der Waals surface area contributed by atoms with Crippen molar-refractivity contribution in [3.63, 3.8) is 0 Å². The van der Waals surface area contributed by atoms with Gasteiger partial charge in [0.05, 0.1) is 22.9 Å². The van der Waals surface area contributed by atoms with E-state index in [9.17, 15) is 22.8 Å². The summed E-state index contributed by atoms with van der Waals surface area (Å²) in [7, 11) is 0. The lowest BCUT2D eigenvalue weighted by Gasteiger charge is -2.33. The van der Waals surface area contributed by atoms with Gasteiger partial charge in [-0.05, 0) is 82.0 Å². The second-order valence-corrected chi connectivity index (χ2v) is 11.1. The fourth-order valence-electron chi connectivity index (χ4n) is 4.39. The number of nitriles is 1. The molecule has 33 heavy (non-hydrogen) atoms. The van der Waals surface area contributed by atoms with E-state index in [0.717, 1.165) is 48.4 Å². The number of unbranched alkanes of at least 4 members (excludes halogenated alkanes) is 1. The summed E-state index contributed by atoms with van der Waals surface area (Å²) in [5, 5.41) is 10.2. The molecule has 1 heterocycles. The van der Waals surface area contributed by atoms with Crippen LogP contribution in [-0.4, -0.2) is 32.4 Å². The van der Waals surface area contributed by atoms with Gasteiger partial charge in [0.1, 0.15) is 5.54 Å². The van der Waals surface area contributed by atoms with E-state index in [4.69, 9.17) is 5.26 Å². The molecule has 0 spiro atoms. The van der Waals surface area contributed by atoms with Crippen molar-refractivity contribution in [1.29, 1.82) is 5.26 Å². The molecule has 180 valence electrons. The Morgan fingerprint density at radius 2 is 1.85 bits per heavy atom. The summed E-state index contributed by atoms with van der Waals surface area (Å²) in [6.07, 6.45) is 2.80. The number of rotatable bonds is 7. The molecule has 10 heteroatoms. The molecule has 0 atom stereocenters. The van der Waals surface area contributed by atoms with Gasteiger partial charge in [-0.15, -0.1) is 0 Å². The van der Waals surface area contributed by atoms with Crippen LogP contribution in [0, 0.1) is 17.2 Å². The molecule has 0 radical (unpaired) electrons. The number of halogens is 4. The molecule has 0 bridgehead atoms. The van der Waals surface area contributed by atoms with Crippen molar-refractivity contribution in [1.82, 2.24) is 4.31 Å². The molecule has 2 fully saturated rings. The van der Waals surface area contributed by atoms with Crippen LogP contribution in [0.2, 0.25) is 0 Å². The number of amides is 3. The topological polar surface area (TPSA) is 64.4 Å². The zero-order chi connectivity index (χ0) is 24.4. The highest BCUT2D eigenvalue weighted by Crippen LogP contribution is 2.44. The fraction of sp³-hybridized carbons (Fsp3) is 0.609. The molecule has 0 N–H and O–H groups in total. The maximum Gasteiger partial charge on any atom is 0.417 e. The minimum atomic E-state index is -4.77. The minimum Gasteiger partial charge on any atom is -0.271 e. The molecule has 2 aliphatic rings. The maximum atomic E-state index is 13.4. The number of hydrogen-bond donors (Lipinski definition) is 0. The van der Waals surface area contributed by atoms with E-state index in [1.807, 2.05) is 0 Å². The van der Waals surface area contributed by atoms with E-state index in [0.29, 0.717) is 12.0 Å². The third-order valence-electron chi connectivity index (χ3n) is 6.33. The first kappa shape index (κ1) is 25.9. The van der Waals surface area contributed by atoms with Crippen LogP contribution in [0.3, 0.4) is 0 Å². The number of carbonyl (C=O) groups is 2. The van der Waals surface area contributed by atoms with E-state index < -0.39 is 34.8 Å². The van der Waals surface area contributed by atoms with Crippen LogP contribution in [0.25, 0.3) is 0 Å². The first-order valence-electron chi connectivity index (χ1n) is 11.0. The second-order valence-electron chi connectivity index (χ2n) is 9.05. The maximum absolute atomic E-state index is 13.4. The third-order valence-corrected chi connectivity index (χ3v) is 8.48. The normalized spacial score (nSPS) is 23.2. The lowest BCUT2D eigenvalue weighted by molar-refractivity contribution is -0.137. The van der Waals surface area contributed by atoms with Crippen molar-refractivity contribution >= 4 is 45.5 Å². The average Bonchev–Trinajstić information content (AvgIpc) is 2.93. The van der Waals surface area contributed by atoms with Gasteiger partial charge in [0.2, 0.25) is 0 Å². The van der Waals surface area contributed by atoms with E-state index in [-0.39, 0.29) is 10.9 Å². The zero-order valence-corrected chi connectivity index (χ0v) is 21.0. The fourth-order valence-corrected chi connectivity index (χ4v) is 6.08. The molecular formula is C23H27BrF3N3O2S. The number of carbonyl (C=O) groups excluding carboxylic acids is 2. The van der Waals surface area contributed by atoms with Crippen molar-refractivity contribution in [2.24, 2.45) is 5.92 Å². The summed E-state index contributed by atoms with van der Waals surface area (Å²) < 4.78 is 41.6. The molecule has 1 aromatic rings. The number of nitrogens with zero attached hydrogens (tertiary/aromatic N) is 3. The van der Waals surface area contributed by atoms with Crippen molar-refractivity contribution in [2.75, 3.05) is 10.2 Å². The minimum absolute atomic E-state index is 0.178. The lowest BCUT2D eigenvalue weighted by Crippen LogP contribution is -2.41. The van der Waals surface area contributed by atoms with E-state index in [2.05, 4.69) is 15.9 Å². The Labute approximate surface area is 204 Å². The lowest BCUT2D eigenvalue weighted by atomic mass is 9.85. The second kappa shape index (κ2) is 10.3. The van der Waals surface area contributed by atoms with Gasteiger partial charge in [0.25, 0.3) is 5.91 Å². The summed E-state index contributed by atoms with van der Waals surface area (Å²) in [6, 6.07) is 3.79. The van der Waals surface area contributed by atoms with Gasteiger partial charge in [-0.2, -0.15) is 18.4 Å². The SMILES string of the molecule is CC1(C)C(=O)N(c2ccc(C#N)c(C(F)(F)F)c2)C(=O)N1SC1CCC(CCCCBr)CC1. The van der Waals surface area contributed by atoms with Crippen LogP contribution < -0.4 is 4.90 Å². The standard InChI is InChI=1S/C23H27BrF3N3O2S/c1-22(2)20(31)29(17-9-8-16(14-28)19(13-17)23(25,26)27)21(32)30(22)33-18-10-6-15(7-11-18)5-3-4-12-24/h8-9,13,15,18H,3-7,10-12H2,1-2H3. The van der Waals surface area contributed by atoms with Crippen molar-refractivity contribution in [3.05, 3.63) is 29.3 Å². The predicted molar refractivity (Wildman–Crippen MR) is 126 cm³/mol. The van der Waals surface area contributed by atoms with Crippen molar-refractivity contribution < 1.29 is 22.8 Å². The third kappa shape index (κ3) is 5.51. The Bertz CT molecular complexity index is 940. The van der Waals surface area contributed by atoms with Gasteiger partial charge in [0.15, 0.2) is 0 Å². The predicted octanol–water partition coefficient (Wildman–Crippen LogP) is 6.90. The van der Waals surface area contributed by atoms with Gasteiger partial charge in [-0.3, -0.25) is 9.10 Å². The van der Waals surface area contributed by atoms with Gasteiger partial charge in [-0.25, -0.2) is 9.69 Å². The van der Waals surface area contributed by atoms with Crippen molar-refractivity contribution in [3.8, 4) is 6.07 Å². The van der Waals surface area contributed by atoms with Crippen molar-refractivity contribution in [2.45, 2.75) is 75.8 Å². The summed E-state index contributed by atoms with van der Waals surface area (Å²) >= 11 is 4.79. The number of hydrogen-bond acceptors (Lipinski definition) is 4. The Morgan fingerprint density at radius 3 is 2.42 bits per heavy atom. The number of anilines is 1. The van der Waals surface area contributed by atoms with Gasteiger partial charge in [0, 0.05) is 10.6 Å². The highest BCUT2D eigenvalue weighted by atomic mass is 79.9. The first-order chi connectivity index (χ1) is 15.5. The molecule has 3 amide bonds. The molecule has 1 saturated carbocycles. The van der Waals surface area contributed by atoms with Gasteiger partial charge < -0.3 is 0 Å². The Hall–Kier alpha value is -1.73. The number of alkyl halides is 4. The molecule has 0 unspecified atom stereocenters. The zero-order valence-electron chi connectivity index (χ0n) is 18.6. The molecule has 1 aromatic carbocycles. The average molecular weight is 546 g/mol. The molecule has 1 aliphatic carbocycles. The summed E-state index contributed by atoms with van der Waals surface area (Å²) in [4.78, 5) is 27.1. The Balaban J connectivity index is 1.75. The van der Waals surface area contributed by atoms with Crippen LogP contribution in [0.5, 0.6) is 0 Å². The van der Waals surface area contributed by atoms with Crippen LogP contribution in [-0.2, 0) is 11.0 Å². The highest BCUT2D eigenvalue weighted by Gasteiger charge is 2.53. The summed E-state index contributed by atoms with van der Waals surface area (Å²) in [6.45, 7) is 3.22. The first-order valence-corrected chi connectivity index (χ1v) is 13.0. The number of urea groups is 1. The van der Waals surface area contributed by atoms with E-state index in [1.165, 1.54) is 41.2 Å². The molecule has 3 rings (SSSR count). The Morgan fingerprint density at radius 1 is 1.18 bits per heavy atom. The van der Waals surface area contributed by atoms with Crippen LogP contribution in [0.4, 0.5) is 23.7 Å². The summed E-state index contributed by atoms with van der Waals surface area (Å²) in [5.41, 5.74) is -3.09. The van der Waals surface area contributed by atoms with E-state index in [1.54, 1.807) is 13.8 Å².